The van der Waals surface area contributed by atoms with Crippen LogP contribution in [0.1, 0.15) is 18.7 Å². The molecule has 1 aromatic rings. The Morgan fingerprint density at radius 2 is 2.00 bits per heavy atom. The van der Waals surface area contributed by atoms with Gasteiger partial charge < -0.3 is 10.6 Å². The highest BCUT2D eigenvalue weighted by Crippen LogP contribution is 2.05. The Hall–Kier alpha value is -1.35. The van der Waals surface area contributed by atoms with E-state index in [9.17, 15) is 4.79 Å². The van der Waals surface area contributed by atoms with E-state index >= 15 is 0 Å². The molecule has 13 heavy (non-hydrogen) atoms. The van der Waals surface area contributed by atoms with E-state index in [1.54, 1.807) is 26.2 Å². The van der Waals surface area contributed by atoms with Crippen molar-refractivity contribution in [1.82, 2.24) is 4.90 Å². The molecular formula is C10H14N2O. The van der Waals surface area contributed by atoms with Gasteiger partial charge in [0.15, 0.2) is 0 Å². The van der Waals surface area contributed by atoms with Crippen molar-refractivity contribution in [2.24, 2.45) is 5.73 Å². The van der Waals surface area contributed by atoms with E-state index in [4.69, 9.17) is 8.48 Å². The van der Waals surface area contributed by atoms with Gasteiger partial charge in [-0.1, -0.05) is 12.1 Å². The summed E-state index contributed by atoms with van der Waals surface area (Å²) >= 11 is 0. The van der Waals surface area contributed by atoms with Crippen LogP contribution >= 0.6 is 0 Å². The molecule has 0 saturated heterocycles. The number of hydrogen-bond acceptors (Lipinski definition) is 2. The third-order valence-corrected chi connectivity index (χ3v) is 1.70. The molecule has 70 valence electrons. The second kappa shape index (κ2) is 4.05. The van der Waals surface area contributed by atoms with Gasteiger partial charge in [0.25, 0.3) is 5.91 Å². The highest BCUT2D eigenvalue weighted by Gasteiger charge is 2.06. The number of hydrogen-bond donors (Lipinski definition) is 1. The summed E-state index contributed by atoms with van der Waals surface area (Å²) in [7, 11) is 3.33. The first-order chi connectivity index (χ1) is 6.82. The van der Waals surface area contributed by atoms with Gasteiger partial charge >= 0.3 is 0 Å². The third kappa shape index (κ3) is 2.29. The average Bonchev–Trinajstić information content (AvgIpc) is 2.15. The van der Waals surface area contributed by atoms with Crippen LogP contribution in [0.4, 0.5) is 0 Å². The molecule has 0 aromatic heterocycles. The molecule has 3 heteroatoms. The molecule has 1 rings (SSSR count). The van der Waals surface area contributed by atoms with E-state index in [-0.39, 0.29) is 5.91 Å². The second-order valence-electron chi connectivity index (χ2n) is 2.92. The summed E-state index contributed by atoms with van der Waals surface area (Å²) in [6.45, 7) is -1.86. The fourth-order valence-electron chi connectivity index (χ4n) is 0.967. The summed E-state index contributed by atoms with van der Waals surface area (Å²) in [6, 6.07) is 6.19. The molecule has 1 amide bonds. The lowest BCUT2D eigenvalue weighted by Crippen LogP contribution is -2.21. The Morgan fingerprint density at radius 1 is 1.46 bits per heavy atom. The predicted octanol–water partition coefficient (Wildman–Crippen LogP) is 0.847. The SMILES string of the molecule is [2H]C([2H])(N)c1ccc(C(=O)N(C)C)cc1. The van der Waals surface area contributed by atoms with Gasteiger partial charge in [0.2, 0.25) is 0 Å². The average molecular weight is 180 g/mol. The molecule has 0 aliphatic heterocycles. The van der Waals surface area contributed by atoms with Gasteiger partial charge in [-0.15, -0.1) is 0 Å². The van der Waals surface area contributed by atoms with Gasteiger partial charge in [0, 0.05) is 28.9 Å². The molecule has 0 spiro atoms. The summed E-state index contributed by atoms with van der Waals surface area (Å²) in [4.78, 5) is 13.0. The summed E-state index contributed by atoms with van der Waals surface area (Å²) in [5.74, 6) is -0.112. The van der Waals surface area contributed by atoms with Crippen molar-refractivity contribution < 1.29 is 7.54 Å². The molecule has 0 fully saturated rings. The summed E-state index contributed by atoms with van der Waals surface area (Å²) in [6.07, 6.45) is 0. The Kier molecular flexibility index (Phi) is 2.21. The Labute approximate surface area is 81.0 Å². The minimum Gasteiger partial charge on any atom is -0.345 e. The van der Waals surface area contributed by atoms with Crippen LogP contribution in [0, 0.1) is 0 Å². The molecule has 1 aromatic carbocycles. The maximum atomic E-state index is 11.5. The van der Waals surface area contributed by atoms with Crippen LogP contribution in [0.5, 0.6) is 0 Å². The van der Waals surface area contributed by atoms with Crippen LogP contribution in [-0.2, 0) is 6.50 Å². The first kappa shape index (κ1) is 7.09. The Morgan fingerprint density at radius 3 is 2.38 bits per heavy atom. The number of nitrogens with two attached hydrogens (primary N) is 1. The molecular weight excluding hydrogens is 164 g/mol. The van der Waals surface area contributed by atoms with Gasteiger partial charge in [-0.3, -0.25) is 4.79 Å². The van der Waals surface area contributed by atoms with Gasteiger partial charge in [-0.05, 0) is 17.7 Å². The van der Waals surface area contributed by atoms with Crippen molar-refractivity contribution in [3.05, 3.63) is 35.4 Å². The predicted molar refractivity (Wildman–Crippen MR) is 52.4 cm³/mol. The van der Waals surface area contributed by atoms with Gasteiger partial charge in [0.1, 0.15) is 0 Å². The topological polar surface area (TPSA) is 46.3 Å². The van der Waals surface area contributed by atoms with Crippen molar-refractivity contribution in [2.75, 3.05) is 14.1 Å². The van der Waals surface area contributed by atoms with Gasteiger partial charge in [-0.2, -0.15) is 0 Å². The maximum Gasteiger partial charge on any atom is 0.253 e. The van der Waals surface area contributed by atoms with Gasteiger partial charge in [0.05, 0.1) is 0 Å². The van der Waals surface area contributed by atoms with Crippen molar-refractivity contribution in [2.45, 2.75) is 6.50 Å². The van der Waals surface area contributed by atoms with Crippen LogP contribution in [0.25, 0.3) is 0 Å². The lowest BCUT2D eigenvalue weighted by Gasteiger charge is -2.09. The number of carbonyl (C=O) groups is 1. The molecule has 3 nitrogen and oxygen atoms in total. The van der Waals surface area contributed by atoms with Gasteiger partial charge in [-0.25, -0.2) is 0 Å². The summed E-state index contributed by atoms with van der Waals surface area (Å²) in [5.41, 5.74) is 6.16. The monoisotopic (exact) mass is 180 g/mol. The number of benzene rings is 1. The number of nitrogens with zero attached hydrogens (tertiary/aromatic N) is 1. The minimum atomic E-state index is -1.86. The first-order valence-electron chi connectivity index (χ1n) is 4.93. The van der Waals surface area contributed by atoms with E-state index in [2.05, 4.69) is 0 Å². The molecule has 0 radical (unpaired) electrons. The van der Waals surface area contributed by atoms with Crippen LogP contribution in [-0.4, -0.2) is 24.9 Å². The quantitative estimate of drug-likeness (QED) is 0.733. The van der Waals surface area contributed by atoms with Crippen molar-refractivity contribution in [3.8, 4) is 0 Å². The fourth-order valence-corrected chi connectivity index (χ4v) is 0.967. The zero-order chi connectivity index (χ0) is 11.6. The Bertz CT molecular complexity index is 355. The van der Waals surface area contributed by atoms with E-state index in [0.29, 0.717) is 11.1 Å². The summed E-state index contributed by atoms with van der Waals surface area (Å²) in [5, 5.41) is 0. The fraction of sp³-hybridized carbons (Fsp3) is 0.300. The van der Waals surface area contributed by atoms with E-state index in [0.717, 1.165) is 0 Å². The molecule has 0 unspecified atom stereocenters. The molecule has 0 heterocycles. The normalized spacial score (nSPS) is 13.2. The second-order valence-corrected chi connectivity index (χ2v) is 2.92. The van der Waals surface area contributed by atoms with Crippen LogP contribution in [0.2, 0.25) is 0 Å². The number of amides is 1. The highest BCUT2D eigenvalue weighted by molar-refractivity contribution is 5.93. The lowest BCUT2D eigenvalue weighted by molar-refractivity contribution is 0.0827. The molecule has 0 aliphatic rings. The van der Waals surface area contributed by atoms with E-state index < -0.39 is 6.50 Å². The highest BCUT2D eigenvalue weighted by atomic mass is 16.2. The summed E-state index contributed by atoms with van der Waals surface area (Å²) < 4.78 is 14.6. The third-order valence-electron chi connectivity index (χ3n) is 1.70. The molecule has 0 saturated carbocycles. The minimum absolute atomic E-state index is 0.112. The maximum absolute atomic E-state index is 11.5. The van der Waals surface area contributed by atoms with E-state index in [1.807, 2.05) is 0 Å². The number of rotatable bonds is 2. The van der Waals surface area contributed by atoms with E-state index in [1.165, 1.54) is 17.0 Å². The molecule has 2 N–H and O–H groups in total. The lowest BCUT2D eigenvalue weighted by atomic mass is 10.1. The first-order valence-corrected chi connectivity index (χ1v) is 3.93. The molecule has 0 atom stereocenters. The zero-order valence-electron chi connectivity index (χ0n) is 9.74. The van der Waals surface area contributed by atoms with Crippen LogP contribution in [0.3, 0.4) is 0 Å². The zero-order valence-corrected chi connectivity index (χ0v) is 7.74. The van der Waals surface area contributed by atoms with Crippen molar-refractivity contribution in [3.63, 3.8) is 0 Å². The Balaban J connectivity index is 2.96. The standard InChI is InChI=1S/C10H14N2O/c1-12(2)10(13)9-5-3-8(7-11)4-6-9/h3-6H,7,11H2,1-2H3/i7D2. The van der Waals surface area contributed by atoms with Crippen molar-refractivity contribution in [1.29, 1.82) is 0 Å². The molecule has 0 aliphatic carbocycles. The van der Waals surface area contributed by atoms with Crippen molar-refractivity contribution >= 4 is 5.91 Å². The number of carbonyl (C=O) groups excluding carboxylic acids is 1. The van der Waals surface area contributed by atoms with Crippen LogP contribution < -0.4 is 5.73 Å². The molecule has 0 bridgehead atoms. The van der Waals surface area contributed by atoms with Crippen LogP contribution in [0.15, 0.2) is 24.3 Å². The largest absolute Gasteiger partial charge is 0.345 e. The smallest absolute Gasteiger partial charge is 0.253 e.